The third kappa shape index (κ3) is 3.05. The van der Waals surface area contributed by atoms with Crippen LogP contribution in [-0.4, -0.2) is 50.8 Å². The normalized spacial score (nSPS) is 23.4. The SMILES string of the molecule is CC(NC(=O)N1C[C@H](O)C[C@H]1C(=O)O)c1cccnc1. The molecule has 3 atom stereocenters. The summed E-state index contributed by atoms with van der Waals surface area (Å²) in [5, 5.41) is 21.3. The highest BCUT2D eigenvalue weighted by molar-refractivity contribution is 5.83. The molecule has 1 aliphatic rings. The number of amides is 2. The molecule has 2 heterocycles. The number of carboxylic acids is 1. The number of rotatable bonds is 3. The fourth-order valence-electron chi connectivity index (χ4n) is 2.26. The molecule has 1 aromatic rings. The lowest BCUT2D eigenvalue weighted by molar-refractivity contribution is -0.141. The first-order valence-electron chi connectivity index (χ1n) is 6.37. The van der Waals surface area contributed by atoms with Gasteiger partial charge in [-0.1, -0.05) is 6.07 Å². The van der Waals surface area contributed by atoms with Crippen LogP contribution in [0.5, 0.6) is 0 Å². The molecule has 7 heteroatoms. The summed E-state index contributed by atoms with van der Waals surface area (Å²) in [6, 6.07) is 1.82. The van der Waals surface area contributed by atoms with Crippen LogP contribution >= 0.6 is 0 Å². The van der Waals surface area contributed by atoms with E-state index in [0.29, 0.717) is 0 Å². The van der Waals surface area contributed by atoms with Crippen LogP contribution in [0, 0.1) is 0 Å². The maximum atomic E-state index is 12.1. The third-order valence-electron chi connectivity index (χ3n) is 3.35. The zero-order valence-corrected chi connectivity index (χ0v) is 11.1. The Bertz CT molecular complexity index is 494. The Morgan fingerprint density at radius 2 is 2.30 bits per heavy atom. The number of urea groups is 1. The Balaban J connectivity index is 2.02. The summed E-state index contributed by atoms with van der Waals surface area (Å²) < 4.78 is 0. The second kappa shape index (κ2) is 5.87. The molecule has 2 rings (SSSR count). The zero-order valence-electron chi connectivity index (χ0n) is 11.1. The van der Waals surface area contributed by atoms with Crippen LogP contribution in [-0.2, 0) is 4.79 Å². The number of aliphatic carboxylic acids is 1. The molecule has 2 amide bonds. The molecule has 108 valence electrons. The van der Waals surface area contributed by atoms with E-state index in [1.54, 1.807) is 25.4 Å². The minimum atomic E-state index is -1.11. The van der Waals surface area contributed by atoms with Gasteiger partial charge in [-0.05, 0) is 18.6 Å². The lowest BCUT2D eigenvalue weighted by Gasteiger charge is -2.24. The molecule has 20 heavy (non-hydrogen) atoms. The lowest BCUT2D eigenvalue weighted by Crippen LogP contribution is -2.46. The highest BCUT2D eigenvalue weighted by Crippen LogP contribution is 2.19. The Hall–Kier alpha value is -2.15. The molecule has 1 fully saturated rings. The van der Waals surface area contributed by atoms with E-state index < -0.39 is 24.1 Å². The number of hydrogen-bond acceptors (Lipinski definition) is 4. The zero-order chi connectivity index (χ0) is 14.7. The number of nitrogens with one attached hydrogen (secondary N) is 1. The van der Waals surface area contributed by atoms with Gasteiger partial charge in [-0.15, -0.1) is 0 Å². The predicted molar refractivity (Wildman–Crippen MR) is 69.9 cm³/mol. The molecule has 1 saturated heterocycles. The van der Waals surface area contributed by atoms with Crippen molar-refractivity contribution in [2.24, 2.45) is 0 Å². The maximum Gasteiger partial charge on any atom is 0.326 e. The number of carboxylic acid groups (broad SMARTS) is 1. The number of aliphatic hydroxyl groups is 1. The van der Waals surface area contributed by atoms with E-state index in [0.717, 1.165) is 10.5 Å². The van der Waals surface area contributed by atoms with Gasteiger partial charge in [-0.2, -0.15) is 0 Å². The van der Waals surface area contributed by atoms with Crippen LogP contribution in [0.1, 0.15) is 24.9 Å². The number of nitrogens with zero attached hydrogens (tertiary/aromatic N) is 2. The molecule has 0 radical (unpaired) electrons. The van der Waals surface area contributed by atoms with Gasteiger partial charge < -0.3 is 20.4 Å². The molecule has 1 aromatic heterocycles. The first-order chi connectivity index (χ1) is 9.49. The summed E-state index contributed by atoms with van der Waals surface area (Å²) in [7, 11) is 0. The average Bonchev–Trinajstić information content (AvgIpc) is 2.82. The standard InChI is InChI=1S/C13H17N3O4/c1-8(9-3-2-4-14-6-9)15-13(20)16-7-10(17)5-11(16)12(18)19/h2-4,6,8,10-11,17H,5,7H2,1H3,(H,15,20)(H,18,19)/t8?,10-,11+/m1/s1. The van der Waals surface area contributed by atoms with Gasteiger partial charge in [0.15, 0.2) is 0 Å². The van der Waals surface area contributed by atoms with Crippen molar-refractivity contribution in [2.45, 2.75) is 31.5 Å². The fourth-order valence-corrected chi connectivity index (χ4v) is 2.26. The molecule has 0 bridgehead atoms. The van der Waals surface area contributed by atoms with Gasteiger partial charge in [-0.3, -0.25) is 4.98 Å². The van der Waals surface area contributed by atoms with Crippen molar-refractivity contribution >= 4 is 12.0 Å². The van der Waals surface area contributed by atoms with Crippen LogP contribution in [0.4, 0.5) is 4.79 Å². The predicted octanol–water partition coefficient (Wildman–Crippen LogP) is 0.372. The molecule has 0 saturated carbocycles. The number of carbonyl (C=O) groups is 2. The van der Waals surface area contributed by atoms with Crippen molar-refractivity contribution in [3.63, 3.8) is 0 Å². The van der Waals surface area contributed by atoms with Crippen molar-refractivity contribution in [3.8, 4) is 0 Å². The minimum Gasteiger partial charge on any atom is -0.480 e. The van der Waals surface area contributed by atoms with E-state index in [-0.39, 0.29) is 19.0 Å². The van der Waals surface area contributed by atoms with Crippen LogP contribution < -0.4 is 5.32 Å². The second-order valence-corrected chi connectivity index (χ2v) is 4.85. The second-order valence-electron chi connectivity index (χ2n) is 4.85. The quantitative estimate of drug-likeness (QED) is 0.742. The highest BCUT2D eigenvalue weighted by Gasteiger charge is 2.39. The van der Waals surface area contributed by atoms with Gasteiger partial charge in [0.05, 0.1) is 12.1 Å². The summed E-state index contributed by atoms with van der Waals surface area (Å²) in [4.78, 5) is 28.3. The number of β-amino-alcohol motifs (C(OH)–C–C–N with tert-alkyl or cyclic N) is 1. The number of aromatic nitrogens is 1. The molecule has 7 nitrogen and oxygen atoms in total. The van der Waals surface area contributed by atoms with E-state index in [4.69, 9.17) is 5.11 Å². The molecule has 1 unspecified atom stereocenters. The van der Waals surface area contributed by atoms with E-state index in [1.165, 1.54) is 0 Å². The van der Waals surface area contributed by atoms with Gasteiger partial charge in [0.1, 0.15) is 6.04 Å². The van der Waals surface area contributed by atoms with Gasteiger partial charge in [0.2, 0.25) is 0 Å². The number of carbonyl (C=O) groups excluding carboxylic acids is 1. The molecular formula is C13H17N3O4. The largest absolute Gasteiger partial charge is 0.480 e. The minimum absolute atomic E-state index is 0.0303. The first-order valence-corrected chi connectivity index (χ1v) is 6.37. The van der Waals surface area contributed by atoms with Crippen molar-refractivity contribution in [2.75, 3.05) is 6.54 Å². The Morgan fingerprint density at radius 1 is 1.55 bits per heavy atom. The van der Waals surface area contributed by atoms with E-state index in [9.17, 15) is 14.7 Å². The molecule has 0 spiro atoms. The summed E-state index contributed by atoms with van der Waals surface area (Å²) in [6.45, 7) is 1.82. The van der Waals surface area contributed by atoms with Gasteiger partial charge >= 0.3 is 12.0 Å². The lowest BCUT2D eigenvalue weighted by atomic mass is 10.1. The van der Waals surface area contributed by atoms with E-state index in [1.807, 2.05) is 6.07 Å². The summed E-state index contributed by atoms with van der Waals surface area (Å²) in [5.41, 5.74) is 0.826. The highest BCUT2D eigenvalue weighted by atomic mass is 16.4. The molecule has 3 N–H and O–H groups in total. The summed E-state index contributed by atoms with van der Waals surface area (Å²) in [6.07, 6.45) is 2.54. The Labute approximate surface area is 116 Å². The van der Waals surface area contributed by atoms with E-state index in [2.05, 4.69) is 10.3 Å². The molecule has 0 aliphatic carbocycles. The fraction of sp³-hybridized carbons (Fsp3) is 0.462. The monoisotopic (exact) mass is 279 g/mol. The molecule has 1 aliphatic heterocycles. The molecular weight excluding hydrogens is 262 g/mol. The van der Waals surface area contributed by atoms with Crippen LogP contribution in [0.15, 0.2) is 24.5 Å². The summed E-state index contributed by atoms with van der Waals surface area (Å²) in [5.74, 6) is -1.11. The van der Waals surface area contributed by atoms with Crippen molar-refractivity contribution in [1.82, 2.24) is 15.2 Å². The smallest absolute Gasteiger partial charge is 0.326 e. The average molecular weight is 279 g/mol. The van der Waals surface area contributed by atoms with E-state index >= 15 is 0 Å². The van der Waals surface area contributed by atoms with Crippen LogP contribution in [0.2, 0.25) is 0 Å². The maximum absolute atomic E-state index is 12.1. The first kappa shape index (κ1) is 14.3. The van der Waals surface area contributed by atoms with Crippen molar-refractivity contribution < 1.29 is 19.8 Å². The van der Waals surface area contributed by atoms with Gasteiger partial charge in [-0.25, -0.2) is 9.59 Å². The van der Waals surface area contributed by atoms with Crippen LogP contribution in [0.3, 0.4) is 0 Å². The number of aliphatic hydroxyl groups excluding tert-OH is 1. The molecule has 0 aromatic carbocycles. The third-order valence-corrected chi connectivity index (χ3v) is 3.35. The Kier molecular flexibility index (Phi) is 4.19. The van der Waals surface area contributed by atoms with Gasteiger partial charge in [0.25, 0.3) is 0 Å². The van der Waals surface area contributed by atoms with Crippen molar-refractivity contribution in [1.29, 1.82) is 0 Å². The van der Waals surface area contributed by atoms with Crippen LogP contribution in [0.25, 0.3) is 0 Å². The number of pyridine rings is 1. The topological polar surface area (TPSA) is 103 Å². The summed E-state index contributed by atoms with van der Waals surface area (Å²) >= 11 is 0. The Morgan fingerprint density at radius 3 is 2.90 bits per heavy atom. The van der Waals surface area contributed by atoms with Gasteiger partial charge in [0, 0.05) is 25.4 Å². The van der Waals surface area contributed by atoms with Crippen molar-refractivity contribution in [3.05, 3.63) is 30.1 Å². The number of likely N-dealkylation sites (tertiary alicyclic amines) is 1. The number of hydrogen-bond donors (Lipinski definition) is 3.